The minimum Gasteiger partial charge on any atom is -0.348 e. The zero-order chi connectivity index (χ0) is 20.7. The van der Waals surface area contributed by atoms with Crippen molar-refractivity contribution in [3.63, 3.8) is 0 Å². The predicted molar refractivity (Wildman–Crippen MR) is 88.9 cm³/mol. The van der Waals surface area contributed by atoms with Crippen LogP contribution in [-0.2, 0) is 6.18 Å². The van der Waals surface area contributed by atoms with Crippen LogP contribution in [0.4, 0.5) is 40.3 Å². The van der Waals surface area contributed by atoms with E-state index in [2.05, 4.69) is 5.32 Å². The lowest BCUT2D eigenvalue weighted by molar-refractivity contribution is -0.394. The zero-order valence-electron chi connectivity index (χ0n) is 13.6. The van der Waals surface area contributed by atoms with Crippen LogP contribution in [0.5, 0.6) is 0 Å². The Labute approximate surface area is 153 Å². The molecule has 0 heterocycles. The average molecular weight is 408 g/mol. The molecule has 27 heavy (non-hydrogen) atoms. The molecule has 7 nitrogen and oxygen atoms in total. The number of non-ortho nitro benzene ring substituents is 1. The number of aryl methyl sites for hydroxylation is 1. The van der Waals surface area contributed by atoms with E-state index >= 15 is 0 Å². The highest BCUT2D eigenvalue weighted by atomic mass is 35.5. The number of halogens is 5. The lowest BCUT2D eigenvalue weighted by Gasteiger charge is -2.17. The van der Waals surface area contributed by atoms with Gasteiger partial charge in [0.25, 0.3) is 11.4 Å². The Hall–Kier alpha value is -2.95. The summed E-state index contributed by atoms with van der Waals surface area (Å²) >= 11 is 5.94. The Balaban J connectivity index is 2.80. The van der Waals surface area contributed by atoms with Crippen molar-refractivity contribution in [3.05, 3.63) is 66.0 Å². The van der Waals surface area contributed by atoms with Crippen LogP contribution in [-0.4, -0.2) is 9.85 Å². The first-order valence-electron chi connectivity index (χ1n) is 7.10. The van der Waals surface area contributed by atoms with Crippen LogP contribution in [0.3, 0.4) is 0 Å². The van der Waals surface area contributed by atoms with Gasteiger partial charge in [0.05, 0.1) is 32.2 Å². The molecule has 2 aromatic carbocycles. The molecule has 0 radical (unpaired) electrons. The SMILES string of the molecule is Cc1cc(Nc2c([N+](=O)[O-])cc([N+](=O)[O-])cc2C(F)(F)F)c(Cl)c(C)c1F. The average Bonchev–Trinajstić information content (AvgIpc) is 2.56. The van der Waals surface area contributed by atoms with Gasteiger partial charge in [0, 0.05) is 11.6 Å². The van der Waals surface area contributed by atoms with Gasteiger partial charge in [-0.1, -0.05) is 11.6 Å². The summed E-state index contributed by atoms with van der Waals surface area (Å²) in [6.45, 7) is 2.61. The van der Waals surface area contributed by atoms with Gasteiger partial charge in [-0.05, 0) is 25.5 Å². The summed E-state index contributed by atoms with van der Waals surface area (Å²) in [6.07, 6.45) is -5.14. The number of nitrogens with one attached hydrogen (secondary N) is 1. The third kappa shape index (κ3) is 3.92. The number of nitro benzene ring substituents is 2. The third-order valence-corrected chi connectivity index (χ3v) is 4.16. The molecular weight excluding hydrogens is 398 g/mol. The number of nitro groups is 2. The summed E-state index contributed by atoms with van der Waals surface area (Å²) in [6, 6.07) is 1.65. The number of alkyl halides is 3. The molecule has 0 atom stereocenters. The highest BCUT2D eigenvalue weighted by Crippen LogP contribution is 2.45. The highest BCUT2D eigenvalue weighted by molar-refractivity contribution is 6.34. The number of hydrogen-bond acceptors (Lipinski definition) is 5. The van der Waals surface area contributed by atoms with Crippen LogP contribution < -0.4 is 5.32 Å². The molecule has 0 saturated heterocycles. The van der Waals surface area contributed by atoms with Gasteiger partial charge in [0.1, 0.15) is 11.5 Å². The Bertz CT molecular complexity index is 963. The fourth-order valence-electron chi connectivity index (χ4n) is 2.38. The van der Waals surface area contributed by atoms with Crippen molar-refractivity contribution in [3.8, 4) is 0 Å². The normalized spacial score (nSPS) is 11.4. The second kappa shape index (κ2) is 6.99. The fraction of sp³-hybridized carbons (Fsp3) is 0.200. The number of anilines is 2. The standard InChI is InChI=1S/C15H10ClF4N3O4/c1-6-3-10(12(16)7(2)13(6)17)21-14-9(15(18,19)20)4-8(22(24)25)5-11(14)23(26)27/h3-5,21H,1-2H3. The first-order chi connectivity index (χ1) is 12.3. The molecule has 0 unspecified atom stereocenters. The Kier molecular flexibility index (Phi) is 5.27. The Morgan fingerprint density at radius 2 is 1.67 bits per heavy atom. The predicted octanol–water partition coefficient (Wildman–Crippen LogP) is 5.67. The van der Waals surface area contributed by atoms with Crippen LogP contribution in [0.25, 0.3) is 0 Å². The van der Waals surface area contributed by atoms with Gasteiger partial charge in [-0.3, -0.25) is 20.2 Å². The first kappa shape index (κ1) is 20.4. The number of nitrogens with zero attached hydrogens (tertiary/aromatic N) is 2. The topological polar surface area (TPSA) is 98.3 Å². The fourth-order valence-corrected chi connectivity index (χ4v) is 2.56. The summed E-state index contributed by atoms with van der Waals surface area (Å²) in [5.74, 6) is -0.681. The maximum Gasteiger partial charge on any atom is 0.418 e. The summed E-state index contributed by atoms with van der Waals surface area (Å²) < 4.78 is 54.0. The molecule has 0 spiro atoms. The summed E-state index contributed by atoms with van der Waals surface area (Å²) in [7, 11) is 0. The van der Waals surface area contributed by atoms with Crippen LogP contribution in [0.2, 0.25) is 5.02 Å². The molecule has 0 saturated carbocycles. The van der Waals surface area contributed by atoms with Gasteiger partial charge in [-0.15, -0.1) is 0 Å². The third-order valence-electron chi connectivity index (χ3n) is 3.68. The summed E-state index contributed by atoms with van der Waals surface area (Å²) in [4.78, 5) is 19.7. The summed E-state index contributed by atoms with van der Waals surface area (Å²) in [5.41, 5.74) is -5.18. The van der Waals surface area contributed by atoms with Crippen LogP contribution >= 0.6 is 11.6 Å². The lowest BCUT2D eigenvalue weighted by Crippen LogP contribution is -2.12. The second-order valence-electron chi connectivity index (χ2n) is 5.52. The molecule has 0 amide bonds. The van der Waals surface area contributed by atoms with Crippen LogP contribution in [0.15, 0.2) is 18.2 Å². The molecule has 12 heteroatoms. The smallest absolute Gasteiger partial charge is 0.348 e. The van der Waals surface area contributed by atoms with Crippen LogP contribution in [0, 0.1) is 39.9 Å². The molecule has 0 aromatic heterocycles. The Morgan fingerprint density at radius 3 is 2.15 bits per heavy atom. The maximum absolute atomic E-state index is 13.9. The van der Waals surface area contributed by atoms with Gasteiger partial charge in [-0.2, -0.15) is 13.2 Å². The number of rotatable bonds is 4. The van der Waals surface area contributed by atoms with Crippen molar-refractivity contribution >= 4 is 34.4 Å². The molecule has 144 valence electrons. The summed E-state index contributed by atoms with van der Waals surface area (Å²) in [5, 5.41) is 24.0. The zero-order valence-corrected chi connectivity index (χ0v) is 14.4. The highest BCUT2D eigenvalue weighted by Gasteiger charge is 2.40. The van der Waals surface area contributed by atoms with Crippen molar-refractivity contribution in [1.29, 1.82) is 0 Å². The van der Waals surface area contributed by atoms with E-state index in [0.29, 0.717) is 6.07 Å². The van der Waals surface area contributed by atoms with E-state index in [1.165, 1.54) is 13.8 Å². The van der Waals surface area contributed by atoms with E-state index in [1.807, 2.05) is 0 Å². The van der Waals surface area contributed by atoms with Crippen molar-refractivity contribution in [2.75, 3.05) is 5.32 Å². The molecule has 0 bridgehead atoms. The van der Waals surface area contributed by atoms with E-state index in [9.17, 15) is 37.8 Å². The molecule has 1 N–H and O–H groups in total. The van der Waals surface area contributed by atoms with E-state index < -0.39 is 44.5 Å². The molecule has 2 rings (SSSR count). The van der Waals surface area contributed by atoms with Gasteiger partial charge in [-0.25, -0.2) is 4.39 Å². The van der Waals surface area contributed by atoms with Gasteiger partial charge in [0.15, 0.2) is 0 Å². The second-order valence-corrected chi connectivity index (χ2v) is 5.90. The van der Waals surface area contributed by atoms with Crippen molar-refractivity contribution in [2.24, 2.45) is 0 Å². The molecule has 0 aliphatic heterocycles. The van der Waals surface area contributed by atoms with Gasteiger partial charge >= 0.3 is 6.18 Å². The largest absolute Gasteiger partial charge is 0.418 e. The number of hydrogen-bond donors (Lipinski definition) is 1. The molecule has 2 aromatic rings. The molecule has 0 fully saturated rings. The van der Waals surface area contributed by atoms with E-state index in [1.54, 1.807) is 0 Å². The molecule has 0 aliphatic rings. The van der Waals surface area contributed by atoms with Crippen molar-refractivity contribution in [2.45, 2.75) is 20.0 Å². The monoisotopic (exact) mass is 407 g/mol. The van der Waals surface area contributed by atoms with E-state index in [4.69, 9.17) is 11.6 Å². The Morgan fingerprint density at radius 1 is 1.07 bits per heavy atom. The maximum atomic E-state index is 13.9. The molecule has 0 aliphatic carbocycles. The molecular formula is C15H10ClF4N3O4. The van der Waals surface area contributed by atoms with Crippen molar-refractivity contribution in [1.82, 2.24) is 0 Å². The number of benzene rings is 2. The van der Waals surface area contributed by atoms with E-state index in [-0.39, 0.29) is 27.9 Å². The lowest BCUT2D eigenvalue weighted by atomic mass is 10.1. The minimum absolute atomic E-state index is 0.0394. The van der Waals surface area contributed by atoms with E-state index in [0.717, 1.165) is 6.07 Å². The van der Waals surface area contributed by atoms with Crippen molar-refractivity contribution < 1.29 is 27.4 Å². The minimum atomic E-state index is -5.14. The van der Waals surface area contributed by atoms with Crippen LogP contribution in [0.1, 0.15) is 16.7 Å². The van der Waals surface area contributed by atoms with Gasteiger partial charge < -0.3 is 5.32 Å². The van der Waals surface area contributed by atoms with Gasteiger partial charge in [0.2, 0.25) is 0 Å². The quantitative estimate of drug-likeness (QED) is 0.399. The first-order valence-corrected chi connectivity index (χ1v) is 7.48.